The van der Waals surface area contributed by atoms with Crippen LogP contribution in [-0.2, 0) is 37.5 Å². The molecule has 0 aliphatic rings. The number of esters is 2. The fraction of sp³-hybridized carbons (Fsp3) is 0.848. The first-order chi connectivity index (χ1) is 28.9. The lowest BCUT2D eigenvalue weighted by molar-refractivity contribution is -0.161. The Balaban J connectivity index is 4.40. The molecule has 352 valence electrons. The molecule has 0 radical (unpaired) electrons. The fourth-order valence-electron chi connectivity index (χ4n) is 6.49. The van der Waals surface area contributed by atoms with Gasteiger partial charge in [-0.3, -0.25) is 23.4 Å². The molecule has 1 unspecified atom stereocenters. The lowest BCUT2D eigenvalue weighted by Gasteiger charge is -2.20. The summed E-state index contributed by atoms with van der Waals surface area (Å²) in [6.07, 6.45) is 35.4. The summed E-state index contributed by atoms with van der Waals surface area (Å²) in [6, 6.07) is -1.54. The van der Waals surface area contributed by atoms with E-state index in [1.165, 1.54) is 83.5 Å². The minimum atomic E-state index is -4.75. The quantitative estimate of drug-likeness (QED) is 0.0167. The molecule has 0 amide bonds. The number of aliphatic hydroxyl groups is 2. The van der Waals surface area contributed by atoms with Gasteiger partial charge >= 0.3 is 25.7 Å². The van der Waals surface area contributed by atoms with Gasteiger partial charge in [-0.25, -0.2) is 4.57 Å². The van der Waals surface area contributed by atoms with Crippen LogP contribution in [0.4, 0.5) is 0 Å². The summed E-state index contributed by atoms with van der Waals surface area (Å²) in [4.78, 5) is 46.1. The number of phosphoric ester groups is 1. The zero-order valence-corrected chi connectivity index (χ0v) is 38.4. The van der Waals surface area contributed by atoms with Crippen LogP contribution in [0, 0.1) is 0 Å². The minimum Gasteiger partial charge on any atom is -0.480 e. The second-order valence-electron chi connectivity index (χ2n) is 16.2. The second-order valence-corrected chi connectivity index (χ2v) is 17.6. The van der Waals surface area contributed by atoms with E-state index in [0.29, 0.717) is 25.7 Å². The first-order valence-corrected chi connectivity index (χ1v) is 25.0. The average molecular weight is 876 g/mol. The van der Waals surface area contributed by atoms with Gasteiger partial charge in [-0.1, -0.05) is 154 Å². The zero-order chi connectivity index (χ0) is 44.5. The van der Waals surface area contributed by atoms with Crippen LogP contribution in [0.1, 0.15) is 206 Å². The molecule has 5 atom stereocenters. The molecule has 0 bridgehead atoms. The maximum absolute atomic E-state index is 12.7. The number of hydrogen-bond acceptors (Lipinski definition) is 11. The molecule has 0 aliphatic heterocycles. The zero-order valence-electron chi connectivity index (χ0n) is 37.5. The van der Waals surface area contributed by atoms with E-state index in [-0.39, 0.29) is 12.8 Å². The normalized spacial score (nSPS) is 14.9. The number of allylic oxidation sites excluding steroid dienone is 3. The van der Waals surface area contributed by atoms with Crippen molar-refractivity contribution in [2.24, 2.45) is 5.73 Å². The number of unbranched alkanes of at least 4 members (excludes halogenated alkanes) is 22. The number of rotatable bonds is 44. The molecule has 0 aromatic heterocycles. The highest BCUT2D eigenvalue weighted by molar-refractivity contribution is 7.47. The van der Waals surface area contributed by atoms with Crippen molar-refractivity contribution >= 4 is 25.7 Å². The number of aliphatic hydroxyl groups excluding tert-OH is 2. The van der Waals surface area contributed by atoms with Gasteiger partial charge in [-0.05, 0) is 64.2 Å². The molecule has 0 saturated heterocycles. The van der Waals surface area contributed by atoms with Crippen molar-refractivity contribution < 1.29 is 57.7 Å². The number of carbonyl (C=O) groups excluding carboxylic acids is 2. The summed E-state index contributed by atoms with van der Waals surface area (Å²) in [5.74, 6) is -2.51. The summed E-state index contributed by atoms with van der Waals surface area (Å²) in [7, 11) is -4.75. The van der Waals surface area contributed by atoms with Crippen molar-refractivity contribution in [3.63, 3.8) is 0 Å². The molecule has 0 rings (SSSR count). The van der Waals surface area contributed by atoms with E-state index in [9.17, 15) is 34.1 Å². The van der Waals surface area contributed by atoms with Gasteiger partial charge in [0.25, 0.3) is 0 Å². The molecule has 13 nitrogen and oxygen atoms in total. The maximum atomic E-state index is 12.7. The summed E-state index contributed by atoms with van der Waals surface area (Å²) in [6.45, 7) is 2.60. The van der Waals surface area contributed by atoms with E-state index in [1.54, 1.807) is 0 Å². The first kappa shape index (κ1) is 57.9. The highest BCUT2D eigenvalue weighted by atomic mass is 31.2. The van der Waals surface area contributed by atoms with Crippen molar-refractivity contribution in [3.05, 3.63) is 24.3 Å². The predicted molar refractivity (Wildman–Crippen MR) is 238 cm³/mol. The van der Waals surface area contributed by atoms with Crippen LogP contribution in [0.3, 0.4) is 0 Å². The van der Waals surface area contributed by atoms with E-state index in [4.69, 9.17) is 24.8 Å². The van der Waals surface area contributed by atoms with Crippen LogP contribution < -0.4 is 5.73 Å². The molecule has 0 spiro atoms. The standard InChI is InChI=1S/C46H86NO12P/c1-3-5-7-9-11-12-13-14-15-16-17-18-19-20-21-22-23-27-32-36-45(51)59-40(38-57-60(54,55)58-39-41(47)46(52)53)37-56-44(50)35-31-28-24-26-30-34-43(49)42(48)33-29-25-10-8-6-4-2/h14-15,25,29,40-43,48-49H,3-13,16-24,26-28,30-39,47H2,1-2H3,(H,52,53)(H,54,55)/b15-14-,29-25-/t40-,41+,42-,43-/m1/s1. The topological polar surface area (TPSA) is 212 Å². The van der Waals surface area contributed by atoms with Crippen LogP contribution >= 0.6 is 7.82 Å². The van der Waals surface area contributed by atoms with Crippen molar-refractivity contribution in [2.45, 2.75) is 231 Å². The van der Waals surface area contributed by atoms with Gasteiger partial charge in [-0.2, -0.15) is 0 Å². The lowest BCUT2D eigenvalue weighted by Crippen LogP contribution is -2.34. The summed E-state index contributed by atoms with van der Waals surface area (Å²) >= 11 is 0. The number of hydrogen-bond donors (Lipinski definition) is 5. The molecule has 0 aromatic rings. The average Bonchev–Trinajstić information content (AvgIpc) is 3.22. The Hall–Kier alpha value is -2.12. The third-order valence-electron chi connectivity index (χ3n) is 10.4. The van der Waals surface area contributed by atoms with E-state index < -0.39 is 69.9 Å². The molecule has 0 fully saturated rings. The van der Waals surface area contributed by atoms with Gasteiger partial charge in [0, 0.05) is 12.8 Å². The highest BCUT2D eigenvalue weighted by Crippen LogP contribution is 2.43. The van der Waals surface area contributed by atoms with Gasteiger partial charge in [0.15, 0.2) is 6.10 Å². The first-order valence-electron chi connectivity index (χ1n) is 23.5. The van der Waals surface area contributed by atoms with Gasteiger partial charge in [-0.15, -0.1) is 0 Å². The molecule has 60 heavy (non-hydrogen) atoms. The number of carbonyl (C=O) groups is 3. The Kier molecular flexibility index (Phi) is 39.5. The van der Waals surface area contributed by atoms with Gasteiger partial charge in [0.1, 0.15) is 12.6 Å². The van der Waals surface area contributed by atoms with Crippen LogP contribution in [0.15, 0.2) is 24.3 Å². The number of aliphatic carboxylic acids is 1. The molecular weight excluding hydrogens is 789 g/mol. The molecule has 0 saturated carbocycles. The molecule has 6 N–H and O–H groups in total. The third-order valence-corrected chi connectivity index (χ3v) is 11.3. The molecule has 0 aliphatic carbocycles. The van der Waals surface area contributed by atoms with Gasteiger partial charge in [0.2, 0.25) is 0 Å². The number of ether oxygens (including phenoxy) is 2. The SMILES string of the molecule is CCCCC/C=C\C[C@@H](O)[C@H](O)CCCCCCCC(=O)OC[C@H](COP(=O)(O)OC[C@H](N)C(=O)O)OC(=O)CCCCCCCCCCC/C=C\CCCCCCCC. The van der Waals surface area contributed by atoms with Gasteiger partial charge < -0.3 is 35.4 Å². The van der Waals surface area contributed by atoms with Crippen LogP contribution in [0.25, 0.3) is 0 Å². The lowest BCUT2D eigenvalue weighted by atomic mass is 10.0. The number of carboxylic acid groups (broad SMARTS) is 1. The van der Waals surface area contributed by atoms with Gasteiger partial charge in [0.05, 0.1) is 25.4 Å². The van der Waals surface area contributed by atoms with E-state index in [2.05, 4.69) is 36.6 Å². The Morgan fingerprint density at radius 3 is 1.55 bits per heavy atom. The van der Waals surface area contributed by atoms with Crippen LogP contribution in [0.2, 0.25) is 0 Å². The van der Waals surface area contributed by atoms with Crippen LogP contribution in [0.5, 0.6) is 0 Å². The highest BCUT2D eigenvalue weighted by Gasteiger charge is 2.28. The molecule has 14 heteroatoms. The van der Waals surface area contributed by atoms with E-state index in [0.717, 1.165) is 70.6 Å². The largest absolute Gasteiger partial charge is 0.480 e. The Morgan fingerprint density at radius 2 is 1.00 bits per heavy atom. The van der Waals surface area contributed by atoms with Crippen molar-refractivity contribution in [2.75, 3.05) is 19.8 Å². The van der Waals surface area contributed by atoms with Crippen molar-refractivity contribution in [1.82, 2.24) is 0 Å². The van der Waals surface area contributed by atoms with Crippen LogP contribution in [-0.4, -0.2) is 82.3 Å². The Labute approximate surface area is 363 Å². The smallest absolute Gasteiger partial charge is 0.472 e. The Morgan fingerprint density at radius 1 is 0.567 bits per heavy atom. The summed E-state index contributed by atoms with van der Waals surface area (Å²) in [5, 5.41) is 29.3. The molecule has 0 heterocycles. The van der Waals surface area contributed by atoms with E-state index in [1.807, 2.05) is 6.08 Å². The fourth-order valence-corrected chi connectivity index (χ4v) is 7.27. The maximum Gasteiger partial charge on any atom is 0.472 e. The second kappa shape index (κ2) is 40.9. The molecular formula is C46H86NO12P. The summed E-state index contributed by atoms with van der Waals surface area (Å²) < 4.78 is 32.7. The third kappa shape index (κ3) is 38.8. The molecule has 0 aromatic carbocycles. The Bertz CT molecular complexity index is 1150. The number of nitrogens with two attached hydrogens (primary N) is 1. The van der Waals surface area contributed by atoms with E-state index >= 15 is 0 Å². The summed E-state index contributed by atoms with van der Waals surface area (Å²) in [5.41, 5.74) is 5.33. The predicted octanol–water partition coefficient (Wildman–Crippen LogP) is 10.6. The number of phosphoric acid groups is 1. The number of carboxylic acids is 1. The minimum absolute atomic E-state index is 0.124. The monoisotopic (exact) mass is 876 g/mol. The van der Waals surface area contributed by atoms with Crippen molar-refractivity contribution in [3.8, 4) is 0 Å². The van der Waals surface area contributed by atoms with Crippen molar-refractivity contribution in [1.29, 1.82) is 0 Å².